The summed E-state index contributed by atoms with van der Waals surface area (Å²) in [4.78, 5) is 11.2. The van der Waals surface area contributed by atoms with Crippen molar-refractivity contribution in [2.75, 3.05) is 19.8 Å². The zero-order valence-corrected chi connectivity index (χ0v) is 11.1. The van der Waals surface area contributed by atoms with Crippen LogP contribution in [0.4, 0.5) is 0 Å². The summed E-state index contributed by atoms with van der Waals surface area (Å²) in [7, 11) is 0. The van der Waals surface area contributed by atoms with Gasteiger partial charge in [-0.25, -0.2) is 0 Å². The van der Waals surface area contributed by atoms with Gasteiger partial charge in [0.15, 0.2) is 0 Å². The molecule has 0 saturated heterocycles. The van der Waals surface area contributed by atoms with E-state index in [1.54, 1.807) is 6.92 Å². The van der Waals surface area contributed by atoms with Crippen molar-refractivity contribution in [2.24, 2.45) is 5.73 Å². The van der Waals surface area contributed by atoms with Gasteiger partial charge in [0.2, 0.25) is 0 Å². The predicted octanol–water partition coefficient (Wildman–Crippen LogP) is 2.58. The lowest BCUT2D eigenvalue weighted by atomic mass is 10.1. The first kappa shape index (κ1) is 17.4. The summed E-state index contributed by atoms with van der Waals surface area (Å²) in [6.45, 7) is 5.18. The lowest BCUT2D eigenvalue weighted by Crippen LogP contribution is -2.11. The van der Waals surface area contributed by atoms with Crippen molar-refractivity contribution >= 4 is 5.78 Å². The number of carbonyl (C=O) groups is 1. The smallest absolute Gasteiger partial charge is 0.134 e. The summed E-state index contributed by atoms with van der Waals surface area (Å²) in [6, 6.07) is 5.57. The van der Waals surface area contributed by atoms with E-state index < -0.39 is 0 Å². The van der Waals surface area contributed by atoms with Crippen molar-refractivity contribution < 1.29 is 14.3 Å². The second-order valence-electron chi connectivity index (χ2n) is 4.18. The van der Waals surface area contributed by atoms with Gasteiger partial charge in [-0.15, -0.1) is 0 Å². The first-order valence-corrected chi connectivity index (χ1v) is 6.24. The molecular formula is C15H25NO3. The maximum absolute atomic E-state index is 11.2. The van der Waals surface area contributed by atoms with Crippen LogP contribution in [0.1, 0.15) is 33.3 Å². The maximum Gasteiger partial charge on any atom is 0.134 e. The van der Waals surface area contributed by atoms with Gasteiger partial charge in [0, 0.05) is 19.0 Å². The highest BCUT2D eigenvalue weighted by Crippen LogP contribution is 2.23. The average Bonchev–Trinajstić information content (AvgIpc) is 2.33. The Morgan fingerprint density at radius 2 is 1.74 bits per heavy atom. The van der Waals surface area contributed by atoms with Crippen molar-refractivity contribution in [1.82, 2.24) is 0 Å². The number of nitrogens with two attached hydrogens (primary N) is 1. The zero-order valence-electron chi connectivity index (χ0n) is 11.1. The fraction of sp³-hybridized carbons (Fsp3) is 0.533. The van der Waals surface area contributed by atoms with Crippen LogP contribution in [0.2, 0.25) is 0 Å². The number of carbonyl (C=O) groups excluding carboxylic acids is 1. The standard InChI is InChI=1S/C14H21NO3.CH4/c1-3-5-17-13-8-12(7-11(2)16)9-14(10-13)18-6-4-15;/h8-10H,3-7,15H2,1-2H3;1H4. The Balaban J connectivity index is 0.00000324. The van der Waals surface area contributed by atoms with Crippen molar-refractivity contribution in [3.05, 3.63) is 23.8 Å². The molecular weight excluding hydrogens is 242 g/mol. The molecule has 0 radical (unpaired) electrons. The van der Waals surface area contributed by atoms with Crippen molar-refractivity contribution in [1.29, 1.82) is 0 Å². The molecule has 0 amide bonds. The minimum Gasteiger partial charge on any atom is -0.493 e. The molecule has 0 atom stereocenters. The van der Waals surface area contributed by atoms with E-state index in [0.717, 1.165) is 17.7 Å². The van der Waals surface area contributed by atoms with Crippen LogP contribution in [-0.2, 0) is 11.2 Å². The minimum atomic E-state index is 0. The second-order valence-corrected chi connectivity index (χ2v) is 4.18. The van der Waals surface area contributed by atoms with E-state index in [4.69, 9.17) is 15.2 Å². The molecule has 0 unspecified atom stereocenters. The molecule has 0 aromatic heterocycles. The second kappa shape index (κ2) is 9.39. The van der Waals surface area contributed by atoms with Crippen molar-refractivity contribution in [2.45, 2.75) is 34.1 Å². The third-order valence-electron chi connectivity index (χ3n) is 2.25. The van der Waals surface area contributed by atoms with Gasteiger partial charge in [-0.3, -0.25) is 4.79 Å². The summed E-state index contributed by atoms with van der Waals surface area (Å²) in [6.07, 6.45) is 1.33. The Bertz CT molecular complexity index is 365. The highest BCUT2D eigenvalue weighted by atomic mass is 16.5. The Labute approximate surface area is 115 Å². The summed E-state index contributed by atoms with van der Waals surface area (Å²) in [5.41, 5.74) is 6.31. The van der Waals surface area contributed by atoms with Gasteiger partial charge in [-0.2, -0.15) is 0 Å². The summed E-state index contributed by atoms with van der Waals surface area (Å²) < 4.78 is 11.1. The van der Waals surface area contributed by atoms with E-state index in [0.29, 0.717) is 31.9 Å². The largest absolute Gasteiger partial charge is 0.493 e. The fourth-order valence-electron chi connectivity index (χ4n) is 1.58. The first-order valence-electron chi connectivity index (χ1n) is 6.24. The Hall–Kier alpha value is -1.55. The van der Waals surface area contributed by atoms with E-state index in [1.807, 2.05) is 25.1 Å². The van der Waals surface area contributed by atoms with Crippen LogP contribution >= 0.6 is 0 Å². The molecule has 4 heteroatoms. The van der Waals surface area contributed by atoms with E-state index >= 15 is 0 Å². The highest BCUT2D eigenvalue weighted by Gasteiger charge is 2.05. The maximum atomic E-state index is 11.2. The third kappa shape index (κ3) is 6.82. The van der Waals surface area contributed by atoms with Gasteiger partial charge >= 0.3 is 0 Å². The quantitative estimate of drug-likeness (QED) is 0.786. The number of ketones is 1. The fourth-order valence-corrected chi connectivity index (χ4v) is 1.58. The third-order valence-corrected chi connectivity index (χ3v) is 2.25. The number of hydrogen-bond donors (Lipinski definition) is 1. The topological polar surface area (TPSA) is 61.5 Å². The molecule has 1 aromatic rings. The normalized spacial score (nSPS) is 9.63. The molecule has 0 spiro atoms. The van der Waals surface area contributed by atoms with E-state index in [-0.39, 0.29) is 13.2 Å². The van der Waals surface area contributed by atoms with Gasteiger partial charge in [0.1, 0.15) is 23.9 Å². The lowest BCUT2D eigenvalue weighted by Gasteiger charge is -2.11. The Kier molecular flexibility index (Phi) is 8.62. The van der Waals surface area contributed by atoms with Crippen LogP contribution in [0.15, 0.2) is 18.2 Å². The average molecular weight is 267 g/mol. The molecule has 0 heterocycles. The molecule has 0 saturated carbocycles. The van der Waals surface area contributed by atoms with Crippen LogP contribution in [-0.4, -0.2) is 25.5 Å². The van der Waals surface area contributed by atoms with Crippen LogP contribution in [0.3, 0.4) is 0 Å². The zero-order chi connectivity index (χ0) is 13.4. The van der Waals surface area contributed by atoms with Crippen LogP contribution < -0.4 is 15.2 Å². The summed E-state index contributed by atoms with van der Waals surface area (Å²) >= 11 is 0. The predicted molar refractivity (Wildman–Crippen MR) is 77.9 cm³/mol. The SMILES string of the molecule is C.CCCOc1cc(CC(C)=O)cc(OCCN)c1. The molecule has 2 N–H and O–H groups in total. The molecule has 4 nitrogen and oxygen atoms in total. The Morgan fingerprint density at radius 3 is 2.21 bits per heavy atom. The minimum absolute atomic E-state index is 0. The molecule has 0 aliphatic rings. The van der Waals surface area contributed by atoms with Gasteiger partial charge < -0.3 is 15.2 Å². The Morgan fingerprint density at radius 1 is 1.16 bits per heavy atom. The van der Waals surface area contributed by atoms with Crippen molar-refractivity contribution in [3.8, 4) is 11.5 Å². The molecule has 0 bridgehead atoms. The first-order chi connectivity index (χ1) is 8.65. The number of Topliss-reactive ketones (excluding diaryl/α,β-unsaturated/α-hetero) is 1. The number of rotatable bonds is 8. The molecule has 1 aromatic carbocycles. The molecule has 0 fully saturated rings. The van der Waals surface area contributed by atoms with Crippen molar-refractivity contribution in [3.63, 3.8) is 0 Å². The highest BCUT2D eigenvalue weighted by molar-refractivity contribution is 5.78. The van der Waals surface area contributed by atoms with Gasteiger partial charge in [0.05, 0.1) is 6.61 Å². The van der Waals surface area contributed by atoms with E-state index in [9.17, 15) is 4.79 Å². The van der Waals surface area contributed by atoms with Crippen LogP contribution in [0.25, 0.3) is 0 Å². The van der Waals surface area contributed by atoms with Crippen LogP contribution in [0.5, 0.6) is 11.5 Å². The summed E-state index contributed by atoms with van der Waals surface area (Å²) in [5.74, 6) is 1.56. The molecule has 19 heavy (non-hydrogen) atoms. The van der Waals surface area contributed by atoms with Gasteiger partial charge in [-0.1, -0.05) is 14.4 Å². The molecule has 0 aliphatic heterocycles. The lowest BCUT2D eigenvalue weighted by molar-refractivity contribution is -0.116. The van der Waals surface area contributed by atoms with Gasteiger partial charge in [0.25, 0.3) is 0 Å². The molecule has 0 aliphatic carbocycles. The number of benzene rings is 1. The van der Waals surface area contributed by atoms with E-state index in [1.165, 1.54) is 0 Å². The number of hydrogen-bond acceptors (Lipinski definition) is 4. The van der Waals surface area contributed by atoms with Gasteiger partial charge in [-0.05, 0) is 31.0 Å². The number of ether oxygens (including phenoxy) is 2. The molecule has 1 rings (SSSR count). The molecule has 108 valence electrons. The summed E-state index contributed by atoms with van der Waals surface area (Å²) in [5, 5.41) is 0. The monoisotopic (exact) mass is 267 g/mol. The van der Waals surface area contributed by atoms with Crippen LogP contribution in [0, 0.1) is 0 Å². The van der Waals surface area contributed by atoms with E-state index in [2.05, 4.69) is 0 Å².